The molecular formula is C6H19Na4O3P. The van der Waals surface area contributed by atoms with E-state index in [-0.39, 0.29) is 118 Å². The molecule has 0 radical (unpaired) electrons. The van der Waals surface area contributed by atoms with E-state index in [0.717, 1.165) is 19.3 Å². The van der Waals surface area contributed by atoms with Gasteiger partial charge in [-0.3, -0.25) is 4.57 Å². The Balaban J connectivity index is -0.0000000675. The van der Waals surface area contributed by atoms with Crippen molar-refractivity contribution in [2.24, 2.45) is 0 Å². The van der Waals surface area contributed by atoms with Gasteiger partial charge in [0.1, 0.15) is 0 Å². The standard InChI is InChI=1S/C6H15O3P.4Na.4H/c1-3-4-5-6-9-10(7)8-2;;;;;;;;/h10H,3-6H2,1-2H3;;;;;;;;. The van der Waals surface area contributed by atoms with E-state index in [1.165, 1.54) is 7.11 Å². The van der Waals surface area contributed by atoms with Crippen LogP contribution >= 0.6 is 8.25 Å². The summed E-state index contributed by atoms with van der Waals surface area (Å²) in [6.45, 7) is 2.67. The van der Waals surface area contributed by atoms with Crippen molar-refractivity contribution >= 4 is 126 Å². The van der Waals surface area contributed by atoms with E-state index in [0.29, 0.717) is 6.61 Å². The number of unbranched alkanes of at least 4 members (excludes halogenated alkanes) is 2. The van der Waals surface area contributed by atoms with Crippen LogP contribution in [0.2, 0.25) is 0 Å². The molecule has 0 fully saturated rings. The third kappa shape index (κ3) is 25.1. The zero-order valence-electron chi connectivity index (χ0n) is 6.55. The van der Waals surface area contributed by atoms with Gasteiger partial charge in [-0.15, -0.1) is 0 Å². The fourth-order valence-corrected chi connectivity index (χ4v) is 0.995. The molecule has 0 N–H and O–H groups in total. The van der Waals surface area contributed by atoms with Crippen molar-refractivity contribution in [2.45, 2.75) is 26.2 Å². The second-order valence-corrected chi connectivity index (χ2v) is 3.21. The topological polar surface area (TPSA) is 35.5 Å². The summed E-state index contributed by atoms with van der Waals surface area (Å²) < 4.78 is 19.8. The molecule has 1 atom stereocenters. The van der Waals surface area contributed by atoms with Crippen molar-refractivity contribution in [2.75, 3.05) is 13.7 Å². The number of hydrogen-bond acceptors (Lipinski definition) is 3. The zero-order chi connectivity index (χ0) is 7.82. The summed E-state index contributed by atoms with van der Waals surface area (Å²) >= 11 is 0. The van der Waals surface area contributed by atoms with Gasteiger partial charge in [-0.25, -0.2) is 0 Å². The van der Waals surface area contributed by atoms with E-state index < -0.39 is 8.25 Å². The number of hydrogen-bond donors (Lipinski definition) is 0. The summed E-state index contributed by atoms with van der Waals surface area (Å²) in [6.07, 6.45) is 3.24. The first-order valence-corrected chi connectivity index (χ1v) is 4.74. The third-order valence-electron chi connectivity index (χ3n) is 1.13. The maximum absolute atomic E-state index is 10.5. The van der Waals surface area contributed by atoms with E-state index in [4.69, 9.17) is 4.52 Å². The third-order valence-corrected chi connectivity index (χ3v) is 1.91. The predicted molar refractivity (Wildman–Crippen MR) is 70.1 cm³/mol. The molecule has 0 amide bonds. The van der Waals surface area contributed by atoms with Gasteiger partial charge in [-0.05, 0) is 6.42 Å². The average molecular weight is 262 g/mol. The fraction of sp³-hybridized carbons (Fsp3) is 1.00. The Hall–Kier alpha value is 4.15. The predicted octanol–water partition coefficient (Wildman–Crippen LogP) is -0.365. The molecular weight excluding hydrogens is 243 g/mol. The minimum atomic E-state index is -2.16. The molecule has 0 saturated heterocycles. The van der Waals surface area contributed by atoms with Crippen LogP contribution in [0.1, 0.15) is 26.2 Å². The molecule has 0 aromatic heterocycles. The molecule has 0 heterocycles. The quantitative estimate of drug-likeness (QED) is 0.372. The van der Waals surface area contributed by atoms with Gasteiger partial charge in [-0.1, -0.05) is 19.8 Å². The van der Waals surface area contributed by atoms with Crippen LogP contribution in [0, 0.1) is 0 Å². The molecule has 0 spiro atoms. The van der Waals surface area contributed by atoms with Gasteiger partial charge < -0.3 is 9.05 Å². The summed E-state index contributed by atoms with van der Waals surface area (Å²) in [5.74, 6) is 0. The first-order valence-electron chi connectivity index (χ1n) is 3.52. The Morgan fingerprint density at radius 1 is 1.07 bits per heavy atom. The fourth-order valence-electron chi connectivity index (χ4n) is 0.566. The summed E-state index contributed by atoms with van der Waals surface area (Å²) in [7, 11) is -0.769. The SMILES string of the molecule is CCCCCO[PH](=O)OC.[NaH].[NaH].[NaH].[NaH]. The molecule has 0 aliphatic rings. The summed E-state index contributed by atoms with van der Waals surface area (Å²) in [5.41, 5.74) is 0. The van der Waals surface area contributed by atoms with Gasteiger partial charge in [0, 0.05) is 7.11 Å². The Kier molecular flexibility index (Phi) is 57.0. The van der Waals surface area contributed by atoms with Crippen molar-refractivity contribution in [1.29, 1.82) is 0 Å². The minimum absolute atomic E-state index is 0. The van der Waals surface area contributed by atoms with Crippen LogP contribution in [0.15, 0.2) is 0 Å². The van der Waals surface area contributed by atoms with Crippen LogP contribution in [0.3, 0.4) is 0 Å². The summed E-state index contributed by atoms with van der Waals surface area (Å²) in [5, 5.41) is 0. The van der Waals surface area contributed by atoms with Gasteiger partial charge in [0.2, 0.25) is 0 Å². The molecule has 70 valence electrons. The van der Waals surface area contributed by atoms with Gasteiger partial charge >= 0.3 is 126 Å². The van der Waals surface area contributed by atoms with Gasteiger partial charge in [0.05, 0.1) is 6.61 Å². The van der Waals surface area contributed by atoms with Crippen LogP contribution in [0.5, 0.6) is 0 Å². The normalized spacial score (nSPS) is 9.57. The molecule has 1 unspecified atom stereocenters. The maximum atomic E-state index is 10.5. The van der Waals surface area contributed by atoms with Crippen molar-refractivity contribution in [3.63, 3.8) is 0 Å². The number of rotatable bonds is 6. The van der Waals surface area contributed by atoms with Crippen LogP contribution in [-0.2, 0) is 13.6 Å². The Bertz CT molecular complexity index is 107. The van der Waals surface area contributed by atoms with Crippen LogP contribution in [0.25, 0.3) is 0 Å². The molecule has 0 bridgehead atoms. The first-order chi connectivity index (χ1) is 4.81. The van der Waals surface area contributed by atoms with E-state index in [9.17, 15) is 4.57 Å². The molecule has 3 nitrogen and oxygen atoms in total. The van der Waals surface area contributed by atoms with Gasteiger partial charge in [0.25, 0.3) is 0 Å². The molecule has 0 saturated carbocycles. The monoisotopic (exact) mass is 262 g/mol. The average Bonchev–Trinajstić information content (AvgIpc) is 1.98. The van der Waals surface area contributed by atoms with Crippen LogP contribution in [0.4, 0.5) is 0 Å². The molecule has 0 aliphatic heterocycles. The molecule has 0 aromatic carbocycles. The molecule has 14 heavy (non-hydrogen) atoms. The summed E-state index contributed by atoms with van der Waals surface area (Å²) in [4.78, 5) is 0. The van der Waals surface area contributed by atoms with Crippen LogP contribution in [-0.4, -0.2) is 132 Å². The van der Waals surface area contributed by atoms with E-state index in [1.807, 2.05) is 0 Å². The molecule has 8 heteroatoms. The molecule has 0 rings (SSSR count). The first kappa shape index (κ1) is 30.9. The van der Waals surface area contributed by atoms with E-state index in [2.05, 4.69) is 11.4 Å². The van der Waals surface area contributed by atoms with Crippen molar-refractivity contribution < 1.29 is 13.6 Å². The van der Waals surface area contributed by atoms with E-state index in [1.54, 1.807) is 0 Å². The van der Waals surface area contributed by atoms with Gasteiger partial charge in [-0.2, -0.15) is 0 Å². The van der Waals surface area contributed by atoms with E-state index >= 15 is 0 Å². The Morgan fingerprint density at radius 2 is 1.57 bits per heavy atom. The van der Waals surface area contributed by atoms with Crippen LogP contribution < -0.4 is 0 Å². The van der Waals surface area contributed by atoms with Gasteiger partial charge in [0.15, 0.2) is 0 Å². The van der Waals surface area contributed by atoms with Crippen molar-refractivity contribution in [3.05, 3.63) is 0 Å². The second-order valence-electron chi connectivity index (χ2n) is 2.01. The Labute approximate surface area is 176 Å². The molecule has 0 aromatic rings. The zero-order valence-corrected chi connectivity index (χ0v) is 7.55. The Morgan fingerprint density at radius 3 is 1.93 bits per heavy atom. The summed E-state index contributed by atoms with van der Waals surface area (Å²) in [6, 6.07) is 0. The van der Waals surface area contributed by atoms with Crippen molar-refractivity contribution in [1.82, 2.24) is 0 Å². The van der Waals surface area contributed by atoms with Crippen molar-refractivity contribution in [3.8, 4) is 0 Å². The molecule has 0 aliphatic carbocycles. The second kappa shape index (κ2) is 25.9.